The molecule has 1 heterocycles. The van der Waals surface area contributed by atoms with Crippen molar-refractivity contribution in [1.82, 2.24) is 0 Å². The number of amides is 1. The Balaban J connectivity index is 2.06. The highest BCUT2D eigenvalue weighted by Gasteiger charge is 2.34. The Kier molecular flexibility index (Phi) is 4.01. The van der Waals surface area contributed by atoms with Crippen molar-refractivity contribution in [2.24, 2.45) is 5.92 Å². The molecule has 1 saturated heterocycles. The first-order chi connectivity index (χ1) is 9.11. The molecule has 0 saturated carbocycles. The summed E-state index contributed by atoms with van der Waals surface area (Å²) in [6.45, 7) is 0.348. The minimum absolute atomic E-state index is 0.0398. The number of carboxylic acids is 1. The van der Waals surface area contributed by atoms with Gasteiger partial charge in [-0.1, -0.05) is 0 Å². The Morgan fingerprint density at radius 3 is 2.58 bits per heavy atom. The highest BCUT2D eigenvalue weighted by Crippen LogP contribution is 2.26. The molecule has 0 bridgehead atoms. The standard InChI is InChI=1S/C13H15NO5/c15-5-6-19-11-3-1-10(2-4-11)14-8-9(13(17)18)7-12(14)16/h1-4,9,15H,5-8H2,(H,17,18). The second-order valence-electron chi connectivity index (χ2n) is 4.31. The number of benzene rings is 1. The SMILES string of the molecule is O=C(O)C1CC(=O)N(c2ccc(OCCO)cc2)C1. The maximum absolute atomic E-state index is 11.7. The predicted molar refractivity (Wildman–Crippen MR) is 67.1 cm³/mol. The van der Waals surface area contributed by atoms with E-state index in [2.05, 4.69) is 0 Å². The second-order valence-corrected chi connectivity index (χ2v) is 4.31. The third kappa shape index (κ3) is 3.03. The van der Waals surface area contributed by atoms with E-state index in [1.54, 1.807) is 24.3 Å². The van der Waals surface area contributed by atoms with E-state index in [1.165, 1.54) is 4.90 Å². The summed E-state index contributed by atoms with van der Waals surface area (Å²) in [5, 5.41) is 17.6. The van der Waals surface area contributed by atoms with Gasteiger partial charge in [0, 0.05) is 18.7 Å². The Hall–Kier alpha value is -2.08. The van der Waals surface area contributed by atoms with E-state index in [0.29, 0.717) is 11.4 Å². The van der Waals surface area contributed by atoms with Crippen LogP contribution in [0.25, 0.3) is 0 Å². The van der Waals surface area contributed by atoms with Gasteiger partial charge in [0.1, 0.15) is 12.4 Å². The first kappa shape index (κ1) is 13.4. The van der Waals surface area contributed by atoms with Crippen LogP contribution in [0.15, 0.2) is 24.3 Å². The number of nitrogens with zero attached hydrogens (tertiary/aromatic N) is 1. The number of carbonyl (C=O) groups excluding carboxylic acids is 1. The average Bonchev–Trinajstić information content (AvgIpc) is 2.79. The molecule has 2 rings (SSSR count). The van der Waals surface area contributed by atoms with Crippen molar-refractivity contribution in [3.05, 3.63) is 24.3 Å². The summed E-state index contributed by atoms with van der Waals surface area (Å²) in [6, 6.07) is 6.78. The van der Waals surface area contributed by atoms with Crippen LogP contribution >= 0.6 is 0 Å². The number of hydrogen-bond acceptors (Lipinski definition) is 4. The summed E-state index contributed by atoms with van der Waals surface area (Å²) in [4.78, 5) is 24.1. The van der Waals surface area contributed by atoms with Crippen molar-refractivity contribution >= 4 is 17.6 Å². The van der Waals surface area contributed by atoms with E-state index in [4.69, 9.17) is 14.9 Å². The minimum Gasteiger partial charge on any atom is -0.491 e. The molecular weight excluding hydrogens is 250 g/mol. The topological polar surface area (TPSA) is 87.1 Å². The molecule has 6 heteroatoms. The van der Waals surface area contributed by atoms with Crippen LogP contribution in [0, 0.1) is 5.92 Å². The molecule has 0 aliphatic carbocycles. The number of aliphatic hydroxyl groups excluding tert-OH is 1. The lowest BCUT2D eigenvalue weighted by Crippen LogP contribution is -2.25. The van der Waals surface area contributed by atoms with Gasteiger partial charge in [-0.3, -0.25) is 9.59 Å². The lowest BCUT2D eigenvalue weighted by atomic mass is 10.1. The third-order valence-corrected chi connectivity index (χ3v) is 2.98. The van der Waals surface area contributed by atoms with Gasteiger partial charge in [-0.15, -0.1) is 0 Å². The average molecular weight is 265 g/mol. The molecule has 1 amide bonds. The molecule has 1 fully saturated rings. The Morgan fingerprint density at radius 2 is 2.05 bits per heavy atom. The van der Waals surface area contributed by atoms with Gasteiger partial charge in [0.15, 0.2) is 0 Å². The quantitative estimate of drug-likeness (QED) is 0.809. The van der Waals surface area contributed by atoms with Crippen LogP contribution < -0.4 is 9.64 Å². The van der Waals surface area contributed by atoms with Gasteiger partial charge in [0.2, 0.25) is 5.91 Å². The maximum Gasteiger partial charge on any atom is 0.308 e. The van der Waals surface area contributed by atoms with E-state index in [-0.39, 0.29) is 32.1 Å². The van der Waals surface area contributed by atoms with Crippen LogP contribution in [-0.2, 0) is 9.59 Å². The molecule has 1 aliphatic rings. The monoisotopic (exact) mass is 265 g/mol. The number of hydrogen-bond donors (Lipinski definition) is 2. The lowest BCUT2D eigenvalue weighted by molar-refractivity contribution is -0.141. The highest BCUT2D eigenvalue weighted by atomic mass is 16.5. The number of rotatable bonds is 5. The van der Waals surface area contributed by atoms with Gasteiger partial charge >= 0.3 is 5.97 Å². The number of carboxylic acid groups (broad SMARTS) is 1. The molecule has 0 radical (unpaired) electrons. The van der Waals surface area contributed by atoms with E-state index in [9.17, 15) is 9.59 Å². The fourth-order valence-electron chi connectivity index (χ4n) is 2.01. The highest BCUT2D eigenvalue weighted by molar-refractivity contribution is 5.99. The molecule has 19 heavy (non-hydrogen) atoms. The summed E-state index contributed by atoms with van der Waals surface area (Å²) in [7, 11) is 0. The smallest absolute Gasteiger partial charge is 0.308 e. The fraction of sp³-hybridized carbons (Fsp3) is 0.385. The van der Waals surface area contributed by atoms with Crippen molar-refractivity contribution in [3.63, 3.8) is 0 Å². The van der Waals surface area contributed by atoms with Gasteiger partial charge < -0.3 is 19.8 Å². The number of aliphatic carboxylic acids is 1. The van der Waals surface area contributed by atoms with Crippen LogP contribution in [0.3, 0.4) is 0 Å². The molecular formula is C13H15NO5. The molecule has 1 atom stereocenters. The molecule has 1 aromatic carbocycles. The Morgan fingerprint density at radius 1 is 1.37 bits per heavy atom. The van der Waals surface area contributed by atoms with Gasteiger partial charge in [-0.2, -0.15) is 0 Å². The van der Waals surface area contributed by atoms with Crippen LogP contribution in [0.5, 0.6) is 5.75 Å². The van der Waals surface area contributed by atoms with E-state index < -0.39 is 11.9 Å². The first-order valence-electron chi connectivity index (χ1n) is 5.98. The molecule has 0 aromatic heterocycles. The van der Waals surface area contributed by atoms with Crippen LogP contribution in [0.2, 0.25) is 0 Å². The maximum atomic E-state index is 11.7. The van der Waals surface area contributed by atoms with Gasteiger partial charge in [0.25, 0.3) is 0 Å². The van der Waals surface area contributed by atoms with Gasteiger partial charge in [-0.25, -0.2) is 0 Å². The Labute approximate surface area is 110 Å². The second kappa shape index (κ2) is 5.71. The molecule has 1 aliphatic heterocycles. The van der Waals surface area contributed by atoms with Crippen LogP contribution in [0.1, 0.15) is 6.42 Å². The van der Waals surface area contributed by atoms with Crippen molar-refractivity contribution in [2.75, 3.05) is 24.7 Å². The van der Waals surface area contributed by atoms with E-state index in [1.807, 2.05) is 0 Å². The van der Waals surface area contributed by atoms with Crippen LogP contribution in [-0.4, -0.2) is 41.8 Å². The summed E-state index contributed by atoms with van der Waals surface area (Å²) >= 11 is 0. The zero-order valence-electron chi connectivity index (χ0n) is 10.3. The summed E-state index contributed by atoms with van der Waals surface area (Å²) < 4.78 is 5.21. The minimum atomic E-state index is -0.946. The number of aliphatic hydroxyl groups is 1. The Bertz CT molecular complexity index is 470. The molecule has 6 nitrogen and oxygen atoms in total. The fourth-order valence-corrected chi connectivity index (χ4v) is 2.01. The predicted octanol–water partition coefficient (Wildman–Crippen LogP) is 0.495. The molecule has 2 N–H and O–H groups in total. The van der Waals surface area contributed by atoms with Gasteiger partial charge in [-0.05, 0) is 24.3 Å². The first-order valence-corrected chi connectivity index (χ1v) is 5.98. The van der Waals surface area contributed by atoms with E-state index in [0.717, 1.165) is 0 Å². The zero-order chi connectivity index (χ0) is 13.8. The lowest BCUT2D eigenvalue weighted by Gasteiger charge is -2.16. The van der Waals surface area contributed by atoms with Crippen molar-refractivity contribution in [2.45, 2.75) is 6.42 Å². The van der Waals surface area contributed by atoms with Crippen LogP contribution in [0.4, 0.5) is 5.69 Å². The van der Waals surface area contributed by atoms with Crippen molar-refractivity contribution in [1.29, 1.82) is 0 Å². The van der Waals surface area contributed by atoms with E-state index >= 15 is 0 Å². The number of carbonyl (C=O) groups is 2. The summed E-state index contributed by atoms with van der Waals surface area (Å²) in [5.41, 5.74) is 0.657. The number of ether oxygens (including phenoxy) is 1. The zero-order valence-corrected chi connectivity index (χ0v) is 10.3. The van der Waals surface area contributed by atoms with Crippen molar-refractivity contribution in [3.8, 4) is 5.75 Å². The molecule has 1 aromatic rings. The largest absolute Gasteiger partial charge is 0.491 e. The summed E-state index contributed by atoms with van der Waals surface area (Å²) in [6.07, 6.45) is 0.0398. The van der Waals surface area contributed by atoms with Gasteiger partial charge in [0.05, 0.1) is 12.5 Å². The number of anilines is 1. The normalized spacial score (nSPS) is 18.7. The summed E-state index contributed by atoms with van der Waals surface area (Å²) in [5.74, 6) is -1.17. The molecule has 102 valence electrons. The van der Waals surface area contributed by atoms with Crippen molar-refractivity contribution < 1.29 is 24.5 Å². The molecule has 0 spiro atoms. The molecule has 1 unspecified atom stereocenters. The third-order valence-electron chi connectivity index (χ3n) is 2.98.